The van der Waals surface area contributed by atoms with Crippen molar-refractivity contribution in [2.75, 3.05) is 6.61 Å². The summed E-state index contributed by atoms with van der Waals surface area (Å²) in [5, 5.41) is 2.29. The molecule has 2 amide bonds. The Balaban J connectivity index is 2.03. The normalized spacial score (nSPS) is 12.9. The second-order valence-electron chi connectivity index (χ2n) is 8.27. The number of amides is 2. The lowest BCUT2D eigenvalue weighted by Gasteiger charge is -2.22. The van der Waals surface area contributed by atoms with Gasteiger partial charge in [0.1, 0.15) is 18.2 Å². The molecule has 0 aliphatic heterocycles. The molecule has 0 spiro atoms. The first kappa shape index (κ1) is 24.6. The molecule has 8 heteroatoms. The zero-order valence-electron chi connectivity index (χ0n) is 18.6. The first-order valence-electron chi connectivity index (χ1n) is 10.1. The molecule has 0 saturated carbocycles. The smallest absolute Gasteiger partial charge is 0.408 e. The SMILES string of the molecule is CC(C(=O)OCC(NC(=O)OC(C)(C)C)C(N)=O)c1cccc(C(=O)c2ccccc2)c1. The van der Waals surface area contributed by atoms with Crippen molar-refractivity contribution >= 4 is 23.8 Å². The molecule has 32 heavy (non-hydrogen) atoms. The van der Waals surface area contributed by atoms with Crippen LogP contribution in [0.15, 0.2) is 54.6 Å². The fraction of sp³-hybridized carbons (Fsp3) is 0.333. The van der Waals surface area contributed by atoms with Gasteiger partial charge in [-0.15, -0.1) is 0 Å². The topological polar surface area (TPSA) is 125 Å². The van der Waals surface area contributed by atoms with Crippen molar-refractivity contribution in [2.45, 2.75) is 45.3 Å². The van der Waals surface area contributed by atoms with E-state index in [1.807, 2.05) is 6.07 Å². The van der Waals surface area contributed by atoms with Crippen molar-refractivity contribution in [3.05, 3.63) is 71.3 Å². The van der Waals surface area contributed by atoms with Crippen molar-refractivity contribution in [1.29, 1.82) is 0 Å². The molecule has 3 N–H and O–H groups in total. The molecule has 0 fully saturated rings. The number of nitrogens with two attached hydrogens (primary N) is 1. The summed E-state index contributed by atoms with van der Waals surface area (Å²) in [6, 6.07) is 14.3. The minimum atomic E-state index is -1.24. The molecule has 0 aromatic heterocycles. The molecule has 0 bridgehead atoms. The largest absolute Gasteiger partial charge is 0.462 e. The average molecular weight is 440 g/mol. The van der Waals surface area contributed by atoms with Crippen molar-refractivity contribution in [3.63, 3.8) is 0 Å². The van der Waals surface area contributed by atoms with E-state index in [2.05, 4.69) is 5.32 Å². The highest BCUT2D eigenvalue weighted by Gasteiger charge is 2.26. The minimum Gasteiger partial charge on any atom is -0.462 e. The highest BCUT2D eigenvalue weighted by molar-refractivity contribution is 6.09. The zero-order chi connectivity index (χ0) is 23.9. The van der Waals surface area contributed by atoms with Gasteiger partial charge < -0.3 is 20.5 Å². The van der Waals surface area contributed by atoms with Gasteiger partial charge in [-0.3, -0.25) is 14.4 Å². The third kappa shape index (κ3) is 7.23. The summed E-state index contributed by atoms with van der Waals surface area (Å²) in [6.07, 6.45) is -0.850. The number of carbonyl (C=O) groups excluding carboxylic acids is 4. The number of benzene rings is 2. The Bertz CT molecular complexity index is 981. The predicted molar refractivity (Wildman–Crippen MR) is 118 cm³/mol. The molecular weight excluding hydrogens is 412 g/mol. The quantitative estimate of drug-likeness (QED) is 0.480. The van der Waals surface area contributed by atoms with Crippen molar-refractivity contribution in [1.82, 2.24) is 5.32 Å². The minimum absolute atomic E-state index is 0.164. The van der Waals surface area contributed by atoms with Crippen LogP contribution >= 0.6 is 0 Å². The molecule has 2 atom stereocenters. The molecule has 8 nitrogen and oxygen atoms in total. The Morgan fingerprint density at radius 3 is 2.19 bits per heavy atom. The third-order valence-electron chi connectivity index (χ3n) is 4.47. The lowest BCUT2D eigenvalue weighted by molar-refractivity contribution is -0.146. The number of hydrogen-bond donors (Lipinski definition) is 2. The van der Waals surface area contributed by atoms with Gasteiger partial charge in [0.15, 0.2) is 5.78 Å². The van der Waals surface area contributed by atoms with Crippen LogP contribution in [-0.2, 0) is 19.1 Å². The first-order chi connectivity index (χ1) is 15.0. The second-order valence-corrected chi connectivity index (χ2v) is 8.27. The average Bonchev–Trinajstić information content (AvgIpc) is 2.74. The summed E-state index contributed by atoms with van der Waals surface area (Å²) in [4.78, 5) is 48.7. The van der Waals surface area contributed by atoms with Crippen LogP contribution in [0, 0.1) is 0 Å². The van der Waals surface area contributed by atoms with E-state index in [1.54, 1.807) is 76.2 Å². The Morgan fingerprint density at radius 1 is 0.969 bits per heavy atom. The predicted octanol–water partition coefficient (Wildman–Crippen LogP) is 2.94. The maximum atomic E-state index is 12.7. The summed E-state index contributed by atoms with van der Waals surface area (Å²) in [5.74, 6) is -2.38. The monoisotopic (exact) mass is 440 g/mol. The number of ether oxygens (including phenoxy) is 2. The van der Waals surface area contributed by atoms with E-state index in [4.69, 9.17) is 15.2 Å². The van der Waals surface area contributed by atoms with Crippen LogP contribution in [0.25, 0.3) is 0 Å². The molecule has 2 unspecified atom stereocenters. The van der Waals surface area contributed by atoms with Gasteiger partial charge in [-0.2, -0.15) is 0 Å². The Kier molecular flexibility index (Phi) is 8.12. The number of nitrogens with one attached hydrogen (secondary N) is 1. The molecule has 2 rings (SSSR count). The zero-order valence-corrected chi connectivity index (χ0v) is 18.6. The number of hydrogen-bond acceptors (Lipinski definition) is 6. The molecule has 0 aliphatic carbocycles. The molecule has 0 heterocycles. The van der Waals surface area contributed by atoms with Crippen molar-refractivity contribution in [3.8, 4) is 0 Å². The molecule has 2 aromatic rings. The molecular formula is C24H28N2O6. The maximum Gasteiger partial charge on any atom is 0.408 e. The van der Waals surface area contributed by atoms with Gasteiger partial charge in [-0.25, -0.2) is 4.79 Å². The number of ketones is 1. The fourth-order valence-corrected chi connectivity index (χ4v) is 2.78. The molecule has 0 aliphatic rings. The van der Waals surface area contributed by atoms with E-state index < -0.39 is 42.1 Å². The van der Waals surface area contributed by atoms with Gasteiger partial charge in [-0.1, -0.05) is 48.5 Å². The Morgan fingerprint density at radius 2 is 1.59 bits per heavy atom. The Hall–Kier alpha value is -3.68. The van der Waals surface area contributed by atoms with Gasteiger partial charge >= 0.3 is 12.1 Å². The van der Waals surface area contributed by atoms with Crippen LogP contribution < -0.4 is 11.1 Å². The van der Waals surface area contributed by atoms with E-state index in [1.165, 1.54) is 0 Å². The van der Waals surface area contributed by atoms with E-state index in [0.717, 1.165) is 0 Å². The van der Waals surface area contributed by atoms with Gasteiger partial charge in [0, 0.05) is 11.1 Å². The highest BCUT2D eigenvalue weighted by atomic mass is 16.6. The molecule has 170 valence electrons. The molecule has 0 saturated heterocycles. The van der Waals surface area contributed by atoms with Gasteiger partial charge in [-0.05, 0) is 39.3 Å². The lowest BCUT2D eigenvalue weighted by atomic mass is 9.96. The van der Waals surface area contributed by atoms with E-state index in [0.29, 0.717) is 16.7 Å². The summed E-state index contributed by atoms with van der Waals surface area (Å²) >= 11 is 0. The number of rotatable bonds is 8. The van der Waals surface area contributed by atoms with Crippen LogP contribution in [0.2, 0.25) is 0 Å². The number of alkyl carbamates (subject to hydrolysis) is 1. The second kappa shape index (κ2) is 10.6. The van der Waals surface area contributed by atoms with Gasteiger partial charge in [0.2, 0.25) is 5.91 Å². The standard InChI is InChI=1S/C24H28N2O6/c1-15(17-11-8-12-18(13-17)20(27)16-9-6-5-7-10-16)22(29)31-14-19(21(25)28)26-23(30)32-24(2,3)4/h5-13,15,19H,14H2,1-4H3,(H2,25,28)(H,26,30). The van der Waals surface area contributed by atoms with E-state index in [9.17, 15) is 19.2 Å². The fourth-order valence-electron chi connectivity index (χ4n) is 2.78. The lowest BCUT2D eigenvalue weighted by Crippen LogP contribution is -2.49. The summed E-state index contributed by atoms with van der Waals surface area (Å²) in [7, 11) is 0. The van der Waals surface area contributed by atoms with Crippen LogP contribution in [0.1, 0.15) is 55.1 Å². The van der Waals surface area contributed by atoms with Crippen LogP contribution in [0.5, 0.6) is 0 Å². The summed E-state index contributed by atoms with van der Waals surface area (Å²) in [5.41, 5.74) is 6.08. The van der Waals surface area contributed by atoms with Crippen LogP contribution in [-0.4, -0.2) is 42.0 Å². The third-order valence-corrected chi connectivity index (χ3v) is 4.47. The highest BCUT2D eigenvalue weighted by Crippen LogP contribution is 2.20. The van der Waals surface area contributed by atoms with Crippen LogP contribution in [0.3, 0.4) is 0 Å². The first-order valence-corrected chi connectivity index (χ1v) is 10.1. The Labute approximate surface area is 187 Å². The van der Waals surface area contributed by atoms with Gasteiger partial charge in [0.25, 0.3) is 0 Å². The van der Waals surface area contributed by atoms with Gasteiger partial charge in [0.05, 0.1) is 5.92 Å². The van der Waals surface area contributed by atoms with Crippen molar-refractivity contribution < 1.29 is 28.7 Å². The van der Waals surface area contributed by atoms with E-state index in [-0.39, 0.29) is 5.78 Å². The van der Waals surface area contributed by atoms with Crippen molar-refractivity contribution in [2.24, 2.45) is 5.73 Å². The summed E-state index contributed by atoms with van der Waals surface area (Å²) in [6.45, 7) is 6.19. The van der Waals surface area contributed by atoms with E-state index >= 15 is 0 Å². The molecule has 0 radical (unpaired) electrons. The summed E-state index contributed by atoms with van der Waals surface area (Å²) < 4.78 is 10.3. The number of carbonyl (C=O) groups is 4. The van der Waals surface area contributed by atoms with Crippen LogP contribution in [0.4, 0.5) is 4.79 Å². The maximum absolute atomic E-state index is 12.7. The number of primary amides is 1. The number of esters is 1. The molecule has 2 aromatic carbocycles.